The van der Waals surface area contributed by atoms with E-state index in [1.807, 2.05) is 54.3 Å². The predicted octanol–water partition coefficient (Wildman–Crippen LogP) is 4.30. The summed E-state index contributed by atoms with van der Waals surface area (Å²) in [7, 11) is 0. The van der Waals surface area contributed by atoms with E-state index in [0.717, 1.165) is 31.2 Å². The molecule has 154 valence electrons. The summed E-state index contributed by atoms with van der Waals surface area (Å²) in [6.45, 7) is 2.83. The number of likely N-dealkylation sites (tertiary alicyclic amines) is 1. The monoisotopic (exact) mass is 395 g/mol. The molecule has 1 aliphatic carbocycles. The lowest BCUT2D eigenvalue weighted by molar-refractivity contribution is -0.115. The molecule has 5 heteroatoms. The molecule has 1 aliphatic heterocycles. The van der Waals surface area contributed by atoms with Gasteiger partial charge in [-0.2, -0.15) is 0 Å². The van der Waals surface area contributed by atoms with Crippen LogP contribution in [0.25, 0.3) is 0 Å². The first-order valence-corrected chi connectivity index (χ1v) is 10.6. The number of piperidine rings is 1. The van der Waals surface area contributed by atoms with Crippen molar-refractivity contribution in [3.8, 4) is 11.5 Å². The van der Waals surface area contributed by atoms with Gasteiger partial charge in [-0.3, -0.25) is 4.79 Å². The SMILES string of the molecule is CCOc1cc([C@H]2[C@H]3CCCC[C@]3(O)CCN2C(=O)c2ccccc2)ccc1O. The minimum Gasteiger partial charge on any atom is -0.504 e. The number of phenolic OH excluding ortho intramolecular Hbond substituents is 1. The molecule has 3 atom stereocenters. The van der Waals surface area contributed by atoms with Gasteiger partial charge in [-0.15, -0.1) is 0 Å². The number of hydrogen-bond donors (Lipinski definition) is 2. The maximum Gasteiger partial charge on any atom is 0.254 e. The molecule has 1 saturated heterocycles. The highest BCUT2D eigenvalue weighted by molar-refractivity contribution is 5.94. The van der Waals surface area contributed by atoms with E-state index in [9.17, 15) is 15.0 Å². The number of ether oxygens (including phenoxy) is 1. The number of aliphatic hydroxyl groups is 1. The Hall–Kier alpha value is -2.53. The topological polar surface area (TPSA) is 70.0 Å². The highest BCUT2D eigenvalue weighted by Crippen LogP contribution is 2.50. The van der Waals surface area contributed by atoms with Crippen LogP contribution in [0, 0.1) is 5.92 Å². The number of carbonyl (C=O) groups is 1. The quantitative estimate of drug-likeness (QED) is 0.810. The van der Waals surface area contributed by atoms with E-state index in [0.29, 0.717) is 30.9 Å². The highest BCUT2D eigenvalue weighted by Gasteiger charge is 2.50. The first-order valence-electron chi connectivity index (χ1n) is 10.6. The Kier molecular flexibility index (Phi) is 5.50. The fourth-order valence-corrected chi connectivity index (χ4v) is 5.05. The van der Waals surface area contributed by atoms with Crippen molar-refractivity contribution in [2.75, 3.05) is 13.2 Å². The van der Waals surface area contributed by atoms with Gasteiger partial charge in [-0.1, -0.05) is 37.1 Å². The second kappa shape index (κ2) is 8.07. The van der Waals surface area contributed by atoms with Gasteiger partial charge in [0, 0.05) is 18.0 Å². The highest BCUT2D eigenvalue weighted by atomic mass is 16.5. The Morgan fingerprint density at radius 2 is 1.97 bits per heavy atom. The van der Waals surface area contributed by atoms with Gasteiger partial charge in [0.15, 0.2) is 11.5 Å². The zero-order chi connectivity index (χ0) is 20.4. The first kappa shape index (κ1) is 19.8. The first-order chi connectivity index (χ1) is 14.0. The number of hydrogen-bond acceptors (Lipinski definition) is 4. The minimum atomic E-state index is -0.750. The average Bonchev–Trinajstić information content (AvgIpc) is 2.74. The van der Waals surface area contributed by atoms with Gasteiger partial charge in [0.2, 0.25) is 0 Å². The van der Waals surface area contributed by atoms with Crippen LogP contribution >= 0.6 is 0 Å². The Morgan fingerprint density at radius 3 is 2.72 bits per heavy atom. The van der Waals surface area contributed by atoms with Gasteiger partial charge in [0.1, 0.15) is 0 Å². The molecule has 4 rings (SSSR count). The molecule has 2 fully saturated rings. The van der Waals surface area contributed by atoms with Gasteiger partial charge in [-0.05, 0) is 56.0 Å². The van der Waals surface area contributed by atoms with Crippen molar-refractivity contribution in [3.05, 3.63) is 59.7 Å². The number of benzene rings is 2. The number of nitrogens with zero attached hydrogens (tertiary/aromatic N) is 1. The molecular formula is C24H29NO4. The largest absolute Gasteiger partial charge is 0.504 e. The summed E-state index contributed by atoms with van der Waals surface area (Å²) < 4.78 is 5.59. The number of carbonyl (C=O) groups excluding carboxylic acids is 1. The number of phenols is 1. The lowest BCUT2D eigenvalue weighted by atomic mass is 9.66. The average molecular weight is 395 g/mol. The van der Waals surface area contributed by atoms with Gasteiger partial charge in [0.25, 0.3) is 5.91 Å². The van der Waals surface area contributed by atoms with Crippen molar-refractivity contribution in [3.63, 3.8) is 0 Å². The summed E-state index contributed by atoms with van der Waals surface area (Å²) >= 11 is 0. The molecule has 2 aromatic carbocycles. The minimum absolute atomic E-state index is 0.0192. The smallest absolute Gasteiger partial charge is 0.254 e. The van der Waals surface area contributed by atoms with E-state index in [-0.39, 0.29) is 23.6 Å². The summed E-state index contributed by atoms with van der Waals surface area (Å²) in [5.41, 5.74) is 0.808. The van der Waals surface area contributed by atoms with Crippen LogP contribution < -0.4 is 4.74 Å². The molecule has 2 N–H and O–H groups in total. The van der Waals surface area contributed by atoms with Gasteiger partial charge >= 0.3 is 0 Å². The number of fused-ring (bicyclic) bond motifs is 1. The Labute approximate surface area is 171 Å². The fraction of sp³-hybridized carbons (Fsp3) is 0.458. The summed E-state index contributed by atoms with van der Waals surface area (Å²) in [6.07, 6.45) is 4.32. The van der Waals surface area contributed by atoms with Crippen LogP contribution in [0.1, 0.15) is 61.0 Å². The molecule has 2 aromatic rings. The molecule has 5 nitrogen and oxygen atoms in total. The summed E-state index contributed by atoms with van der Waals surface area (Å²) in [5.74, 6) is 0.458. The van der Waals surface area contributed by atoms with E-state index >= 15 is 0 Å². The molecule has 1 saturated carbocycles. The molecule has 0 radical (unpaired) electrons. The van der Waals surface area contributed by atoms with Crippen molar-refractivity contribution in [2.24, 2.45) is 5.92 Å². The van der Waals surface area contributed by atoms with E-state index < -0.39 is 5.60 Å². The van der Waals surface area contributed by atoms with Crippen LogP contribution in [0.5, 0.6) is 11.5 Å². The lowest BCUT2D eigenvalue weighted by Gasteiger charge is -2.52. The summed E-state index contributed by atoms with van der Waals surface area (Å²) in [5, 5.41) is 21.5. The maximum atomic E-state index is 13.4. The number of amides is 1. The number of rotatable bonds is 4. The fourth-order valence-electron chi connectivity index (χ4n) is 5.05. The van der Waals surface area contributed by atoms with E-state index in [1.165, 1.54) is 0 Å². The Morgan fingerprint density at radius 1 is 1.17 bits per heavy atom. The molecule has 29 heavy (non-hydrogen) atoms. The van der Waals surface area contributed by atoms with Crippen molar-refractivity contribution in [1.82, 2.24) is 4.90 Å². The van der Waals surface area contributed by atoms with E-state index in [1.54, 1.807) is 6.07 Å². The molecule has 0 aromatic heterocycles. The van der Waals surface area contributed by atoms with Crippen LogP contribution in [-0.2, 0) is 0 Å². The van der Waals surface area contributed by atoms with Crippen LogP contribution in [0.4, 0.5) is 0 Å². The van der Waals surface area contributed by atoms with Crippen LogP contribution in [-0.4, -0.2) is 39.8 Å². The third kappa shape index (κ3) is 3.71. The maximum absolute atomic E-state index is 13.4. The normalized spacial score (nSPS) is 26.6. The lowest BCUT2D eigenvalue weighted by Crippen LogP contribution is -2.56. The zero-order valence-corrected chi connectivity index (χ0v) is 16.9. The van der Waals surface area contributed by atoms with Crippen LogP contribution in [0.3, 0.4) is 0 Å². The van der Waals surface area contributed by atoms with E-state index in [4.69, 9.17) is 4.74 Å². The van der Waals surface area contributed by atoms with Crippen molar-refractivity contribution >= 4 is 5.91 Å². The predicted molar refractivity (Wildman–Crippen MR) is 111 cm³/mol. The van der Waals surface area contributed by atoms with Gasteiger partial charge in [0.05, 0.1) is 18.2 Å². The molecule has 0 spiro atoms. The van der Waals surface area contributed by atoms with Gasteiger partial charge < -0.3 is 19.8 Å². The zero-order valence-electron chi connectivity index (χ0n) is 16.9. The Balaban J connectivity index is 1.77. The van der Waals surface area contributed by atoms with Gasteiger partial charge in [-0.25, -0.2) is 0 Å². The number of aromatic hydroxyl groups is 1. The molecule has 0 bridgehead atoms. The molecule has 1 heterocycles. The van der Waals surface area contributed by atoms with Crippen LogP contribution in [0.2, 0.25) is 0 Å². The second-order valence-corrected chi connectivity index (χ2v) is 8.18. The molecule has 2 aliphatic rings. The van der Waals surface area contributed by atoms with Crippen molar-refractivity contribution < 1.29 is 19.7 Å². The molecule has 1 amide bonds. The van der Waals surface area contributed by atoms with Crippen molar-refractivity contribution in [1.29, 1.82) is 0 Å². The second-order valence-electron chi connectivity index (χ2n) is 8.18. The third-order valence-corrected chi connectivity index (χ3v) is 6.47. The summed E-state index contributed by atoms with van der Waals surface area (Å²) in [4.78, 5) is 15.3. The van der Waals surface area contributed by atoms with Crippen molar-refractivity contribution in [2.45, 2.75) is 50.7 Å². The Bertz CT molecular complexity index is 868. The third-order valence-electron chi connectivity index (χ3n) is 6.47. The van der Waals surface area contributed by atoms with Crippen LogP contribution in [0.15, 0.2) is 48.5 Å². The standard InChI is InChI=1S/C24H29NO4/c1-2-29-21-16-18(11-12-20(21)26)22-19-10-6-7-13-24(19,28)14-15-25(22)23(27)17-8-4-3-5-9-17/h3-5,8-9,11-12,16,19,22,26,28H,2,6-7,10,13-15H2,1H3/t19-,22+,24+/m1/s1. The van der Waals surface area contributed by atoms with E-state index in [2.05, 4.69) is 0 Å². The molecular weight excluding hydrogens is 366 g/mol. The summed E-state index contributed by atoms with van der Waals surface area (Å²) in [6, 6.07) is 14.4. The molecule has 0 unspecified atom stereocenters.